The SMILES string of the molecule is O=C(c1ccc[nH]1)N1CCCC2(CC(Oc3ncccn3)CO2)C1. The van der Waals surface area contributed by atoms with Crippen LogP contribution >= 0.6 is 0 Å². The van der Waals surface area contributed by atoms with Crippen molar-refractivity contribution in [2.24, 2.45) is 0 Å². The van der Waals surface area contributed by atoms with E-state index in [1.807, 2.05) is 11.0 Å². The molecule has 0 bridgehead atoms. The lowest BCUT2D eigenvalue weighted by atomic mass is 9.89. The molecule has 0 radical (unpaired) electrons. The van der Waals surface area contributed by atoms with Gasteiger partial charge in [0.2, 0.25) is 0 Å². The first-order valence-corrected chi connectivity index (χ1v) is 8.24. The lowest BCUT2D eigenvalue weighted by molar-refractivity contribution is -0.0454. The minimum absolute atomic E-state index is 0.0263. The number of nitrogens with one attached hydrogen (secondary N) is 1. The van der Waals surface area contributed by atoms with E-state index in [4.69, 9.17) is 9.47 Å². The summed E-state index contributed by atoms with van der Waals surface area (Å²) < 4.78 is 11.9. The van der Waals surface area contributed by atoms with Crippen LogP contribution in [0.15, 0.2) is 36.8 Å². The number of piperidine rings is 1. The van der Waals surface area contributed by atoms with Crippen molar-refractivity contribution in [3.05, 3.63) is 42.5 Å². The largest absolute Gasteiger partial charge is 0.458 e. The highest BCUT2D eigenvalue weighted by atomic mass is 16.6. The highest BCUT2D eigenvalue weighted by molar-refractivity contribution is 5.92. The van der Waals surface area contributed by atoms with Crippen LogP contribution in [0.1, 0.15) is 29.8 Å². The Hall–Kier alpha value is -2.41. The van der Waals surface area contributed by atoms with Gasteiger partial charge in [-0.15, -0.1) is 0 Å². The molecule has 0 aromatic carbocycles. The molecule has 1 N–H and O–H groups in total. The van der Waals surface area contributed by atoms with Gasteiger partial charge in [-0.25, -0.2) is 9.97 Å². The predicted octanol–water partition coefficient (Wildman–Crippen LogP) is 1.65. The van der Waals surface area contributed by atoms with Crippen molar-refractivity contribution in [2.75, 3.05) is 19.7 Å². The Morgan fingerprint density at radius 1 is 1.38 bits per heavy atom. The lowest BCUT2D eigenvalue weighted by Crippen LogP contribution is -2.50. The zero-order valence-electron chi connectivity index (χ0n) is 13.4. The molecule has 2 atom stereocenters. The van der Waals surface area contributed by atoms with E-state index in [1.54, 1.807) is 30.7 Å². The van der Waals surface area contributed by atoms with E-state index >= 15 is 0 Å². The van der Waals surface area contributed by atoms with Crippen LogP contribution in [0.3, 0.4) is 0 Å². The summed E-state index contributed by atoms with van der Waals surface area (Å²) >= 11 is 0. The number of carbonyl (C=O) groups excluding carboxylic acids is 1. The van der Waals surface area contributed by atoms with Crippen LogP contribution in [-0.4, -0.2) is 57.2 Å². The second-order valence-corrected chi connectivity index (χ2v) is 6.38. The molecule has 126 valence electrons. The molecule has 4 rings (SSSR count). The monoisotopic (exact) mass is 328 g/mol. The molecule has 0 aliphatic carbocycles. The molecule has 0 saturated carbocycles. The van der Waals surface area contributed by atoms with E-state index in [0.717, 1.165) is 25.8 Å². The van der Waals surface area contributed by atoms with Crippen LogP contribution in [0.4, 0.5) is 0 Å². The highest BCUT2D eigenvalue weighted by Crippen LogP contribution is 2.36. The van der Waals surface area contributed by atoms with Crippen LogP contribution in [0.5, 0.6) is 6.01 Å². The fraction of sp³-hybridized carbons (Fsp3) is 0.471. The second kappa shape index (κ2) is 6.24. The smallest absolute Gasteiger partial charge is 0.316 e. The van der Waals surface area contributed by atoms with E-state index in [9.17, 15) is 4.79 Å². The van der Waals surface area contributed by atoms with Crippen molar-refractivity contribution in [3.63, 3.8) is 0 Å². The molecule has 7 nitrogen and oxygen atoms in total. The number of ether oxygens (including phenoxy) is 2. The number of likely N-dealkylation sites (tertiary alicyclic amines) is 1. The average Bonchev–Trinajstić information content (AvgIpc) is 3.26. The molecule has 2 aromatic rings. The van der Waals surface area contributed by atoms with Gasteiger partial charge >= 0.3 is 6.01 Å². The number of H-pyrrole nitrogens is 1. The molecular formula is C17H20N4O3. The minimum atomic E-state index is -0.319. The Bertz CT molecular complexity index is 691. The molecule has 1 amide bonds. The van der Waals surface area contributed by atoms with E-state index in [1.165, 1.54) is 0 Å². The maximum absolute atomic E-state index is 12.6. The molecule has 2 aliphatic heterocycles. The van der Waals surface area contributed by atoms with Crippen molar-refractivity contribution < 1.29 is 14.3 Å². The van der Waals surface area contributed by atoms with Crippen LogP contribution in [-0.2, 0) is 4.74 Å². The van der Waals surface area contributed by atoms with Gasteiger partial charge in [0.25, 0.3) is 5.91 Å². The fourth-order valence-corrected chi connectivity index (χ4v) is 3.56. The quantitative estimate of drug-likeness (QED) is 0.926. The molecule has 2 saturated heterocycles. The second-order valence-electron chi connectivity index (χ2n) is 6.38. The van der Waals surface area contributed by atoms with Crippen molar-refractivity contribution in [3.8, 4) is 6.01 Å². The number of aromatic amines is 1. The molecule has 2 unspecified atom stereocenters. The molecular weight excluding hydrogens is 308 g/mol. The number of nitrogens with zero attached hydrogens (tertiary/aromatic N) is 3. The summed E-state index contributed by atoms with van der Waals surface area (Å²) in [6, 6.07) is 5.77. The van der Waals surface area contributed by atoms with Gasteiger partial charge in [-0.1, -0.05) is 0 Å². The minimum Gasteiger partial charge on any atom is -0.458 e. The summed E-state index contributed by atoms with van der Waals surface area (Å²) in [6.45, 7) is 1.86. The van der Waals surface area contributed by atoms with Gasteiger partial charge in [-0.2, -0.15) is 0 Å². The molecule has 1 spiro atoms. The van der Waals surface area contributed by atoms with Crippen molar-refractivity contribution >= 4 is 5.91 Å². The summed E-state index contributed by atoms with van der Waals surface area (Å²) in [5.74, 6) is 0.0263. The summed E-state index contributed by atoms with van der Waals surface area (Å²) in [6.07, 6.45) is 7.63. The van der Waals surface area contributed by atoms with Gasteiger partial charge < -0.3 is 19.4 Å². The number of aromatic nitrogens is 3. The summed E-state index contributed by atoms with van der Waals surface area (Å²) in [5.41, 5.74) is 0.301. The zero-order valence-corrected chi connectivity index (χ0v) is 13.4. The predicted molar refractivity (Wildman–Crippen MR) is 85.7 cm³/mol. The Morgan fingerprint density at radius 2 is 2.25 bits per heavy atom. The molecule has 2 aromatic heterocycles. The number of hydrogen-bond acceptors (Lipinski definition) is 5. The van der Waals surface area contributed by atoms with E-state index in [2.05, 4.69) is 15.0 Å². The fourth-order valence-electron chi connectivity index (χ4n) is 3.56. The Kier molecular flexibility index (Phi) is 3.93. The third kappa shape index (κ3) is 2.99. The van der Waals surface area contributed by atoms with Crippen molar-refractivity contribution in [1.29, 1.82) is 0 Å². The summed E-state index contributed by atoms with van der Waals surface area (Å²) in [5, 5.41) is 0. The number of rotatable bonds is 3. The Labute approximate surface area is 140 Å². The van der Waals surface area contributed by atoms with Crippen LogP contribution in [0.25, 0.3) is 0 Å². The number of carbonyl (C=O) groups is 1. The van der Waals surface area contributed by atoms with Gasteiger partial charge in [0.05, 0.1) is 18.8 Å². The van der Waals surface area contributed by atoms with Gasteiger partial charge in [0.15, 0.2) is 0 Å². The zero-order chi connectivity index (χ0) is 16.4. The van der Waals surface area contributed by atoms with Crippen molar-refractivity contribution in [2.45, 2.75) is 31.0 Å². The topological polar surface area (TPSA) is 80.3 Å². The van der Waals surface area contributed by atoms with Gasteiger partial charge in [0, 0.05) is 31.6 Å². The van der Waals surface area contributed by atoms with E-state index < -0.39 is 0 Å². The first-order chi connectivity index (χ1) is 11.7. The van der Waals surface area contributed by atoms with E-state index in [0.29, 0.717) is 24.9 Å². The molecule has 2 fully saturated rings. The maximum atomic E-state index is 12.6. The third-order valence-corrected chi connectivity index (χ3v) is 4.64. The Balaban J connectivity index is 1.41. The van der Waals surface area contributed by atoms with Crippen molar-refractivity contribution in [1.82, 2.24) is 19.9 Å². The highest BCUT2D eigenvalue weighted by Gasteiger charge is 2.45. The molecule has 24 heavy (non-hydrogen) atoms. The normalized spacial score (nSPS) is 26.7. The number of amides is 1. The van der Waals surface area contributed by atoms with E-state index in [-0.39, 0.29) is 17.6 Å². The molecule has 7 heteroatoms. The van der Waals surface area contributed by atoms with Gasteiger partial charge in [-0.05, 0) is 31.0 Å². The average molecular weight is 328 g/mol. The van der Waals surface area contributed by atoms with Gasteiger partial charge in [-0.3, -0.25) is 4.79 Å². The maximum Gasteiger partial charge on any atom is 0.316 e. The van der Waals surface area contributed by atoms with Crippen LogP contribution in [0, 0.1) is 0 Å². The van der Waals surface area contributed by atoms with Crippen LogP contribution in [0.2, 0.25) is 0 Å². The number of hydrogen-bond donors (Lipinski definition) is 1. The van der Waals surface area contributed by atoms with Crippen LogP contribution < -0.4 is 4.74 Å². The summed E-state index contributed by atoms with van der Waals surface area (Å²) in [7, 11) is 0. The van der Waals surface area contributed by atoms with Gasteiger partial charge in [0.1, 0.15) is 11.8 Å². The first kappa shape index (κ1) is 15.1. The Morgan fingerprint density at radius 3 is 3.04 bits per heavy atom. The first-order valence-electron chi connectivity index (χ1n) is 8.24. The third-order valence-electron chi connectivity index (χ3n) is 4.64. The summed E-state index contributed by atoms with van der Waals surface area (Å²) in [4.78, 5) is 25.6. The molecule has 4 heterocycles. The lowest BCUT2D eigenvalue weighted by Gasteiger charge is -2.39. The molecule has 2 aliphatic rings. The standard InChI is InChI=1S/C17H20N4O3/c22-15(14-4-1-6-18-14)21-9-2-5-17(12-21)10-13(11-23-17)24-16-19-7-3-8-20-16/h1,3-4,6-8,13,18H,2,5,9-12H2.